The van der Waals surface area contributed by atoms with Crippen molar-refractivity contribution in [1.82, 2.24) is 3.96 Å². The van der Waals surface area contributed by atoms with E-state index in [0.717, 1.165) is 14.9 Å². The molecule has 0 radical (unpaired) electrons. The van der Waals surface area contributed by atoms with Gasteiger partial charge in [-0.05, 0) is 46.3 Å². The van der Waals surface area contributed by atoms with Crippen LogP contribution in [0.4, 0.5) is 0 Å². The van der Waals surface area contributed by atoms with Crippen molar-refractivity contribution < 1.29 is 0 Å². The number of benzene rings is 2. The zero-order chi connectivity index (χ0) is 13.4. The van der Waals surface area contributed by atoms with Gasteiger partial charge in [-0.15, -0.1) is 0 Å². The summed E-state index contributed by atoms with van der Waals surface area (Å²) in [5, 5.41) is 9.57. The number of aromatic nitrogens is 1. The van der Waals surface area contributed by atoms with E-state index >= 15 is 0 Å². The van der Waals surface area contributed by atoms with E-state index in [2.05, 4.69) is 22.0 Å². The van der Waals surface area contributed by atoms with E-state index in [4.69, 9.17) is 5.26 Å². The van der Waals surface area contributed by atoms with Crippen molar-refractivity contribution in [2.24, 2.45) is 0 Å². The van der Waals surface area contributed by atoms with Gasteiger partial charge in [0.1, 0.15) is 0 Å². The summed E-state index contributed by atoms with van der Waals surface area (Å²) in [6, 6.07) is 14.8. The lowest BCUT2D eigenvalue weighted by atomic mass is 10.2. The zero-order valence-electron chi connectivity index (χ0n) is 9.63. The molecule has 0 saturated heterocycles. The Bertz CT molecular complexity index is 873. The van der Waals surface area contributed by atoms with E-state index in [1.54, 1.807) is 22.2 Å². The molecular formula is C14H7BrN2OS. The fourth-order valence-corrected chi connectivity index (χ4v) is 3.57. The lowest BCUT2D eigenvalue weighted by Gasteiger charge is -2.03. The molecule has 0 spiro atoms. The normalized spacial score (nSPS) is 10.5. The molecular weight excluding hydrogens is 324 g/mol. The maximum atomic E-state index is 12.3. The van der Waals surface area contributed by atoms with Gasteiger partial charge in [-0.2, -0.15) is 5.26 Å². The average molecular weight is 331 g/mol. The Balaban J connectivity index is 2.28. The number of fused-ring (bicyclic) bond motifs is 1. The first kappa shape index (κ1) is 12.2. The van der Waals surface area contributed by atoms with Crippen LogP contribution in [-0.2, 0) is 0 Å². The van der Waals surface area contributed by atoms with Gasteiger partial charge >= 0.3 is 0 Å². The van der Waals surface area contributed by atoms with Crippen LogP contribution < -0.4 is 5.56 Å². The summed E-state index contributed by atoms with van der Waals surface area (Å²) >= 11 is 4.81. The molecule has 0 aliphatic carbocycles. The van der Waals surface area contributed by atoms with Crippen LogP contribution in [0.1, 0.15) is 5.56 Å². The van der Waals surface area contributed by atoms with E-state index < -0.39 is 0 Å². The minimum absolute atomic E-state index is 0.0361. The van der Waals surface area contributed by atoms with Gasteiger partial charge in [0, 0.05) is 4.47 Å². The summed E-state index contributed by atoms with van der Waals surface area (Å²) < 4.78 is 3.32. The first-order valence-corrected chi connectivity index (χ1v) is 7.08. The highest BCUT2D eigenvalue weighted by molar-refractivity contribution is 9.10. The second-order valence-corrected chi connectivity index (χ2v) is 5.81. The second kappa shape index (κ2) is 4.65. The van der Waals surface area contributed by atoms with Gasteiger partial charge in [0.25, 0.3) is 5.56 Å². The average Bonchev–Trinajstić information content (AvgIpc) is 2.76. The predicted molar refractivity (Wildman–Crippen MR) is 79.8 cm³/mol. The standard InChI is InChI=1S/C14H7BrN2OS/c15-11-7-9(8-16)5-6-12(11)17-14(18)10-3-1-2-4-13(10)19-17/h1-7H. The van der Waals surface area contributed by atoms with Crippen LogP contribution in [0, 0.1) is 11.3 Å². The predicted octanol–water partition coefficient (Wildman–Crippen LogP) is 3.69. The molecule has 0 saturated carbocycles. The minimum atomic E-state index is -0.0361. The number of halogens is 1. The highest BCUT2D eigenvalue weighted by Crippen LogP contribution is 2.26. The number of nitriles is 1. The van der Waals surface area contributed by atoms with Gasteiger partial charge in [0.05, 0.1) is 27.4 Å². The highest BCUT2D eigenvalue weighted by atomic mass is 79.9. The molecule has 2 aromatic carbocycles. The number of rotatable bonds is 1. The molecule has 0 N–H and O–H groups in total. The van der Waals surface area contributed by atoms with Crippen molar-refractivity contribution in [2.75, 3.05) is 0 Å². The van der Waals surface area contributed by atoms with E-state index in [1.165, 1.54) is 11.5 Å². The maximum absolute atomic E-state index is 12.3. The first-order valence-electron chi connectivity index (χ1n) is 5.52. The SMILES string of the molecule is N#Cc1ccc(-n2sc3ccccc3c2=O)c(Br)c1. The monoisotopic (exact) mass is 330 g/mol. The smallest absolute Gasteiger partial charge is 0.267 e. The molecule has 19 heavy (non-hydrogen) atoms. The molecule has 92 valence electrons. The third kappa shape index (κ3) is 1.99. The number of hydrogen-bond donors (Lipinski definition) is 0. The molecule has 0 bridgehead atoms. The van der Waals surface area contributed by atoms with Crippen molar-refractivity contribution >= 4 is 37.5 Å². The van der Waals surface area contributed by atoms with Crippen molar-refractivity contribution in [1.29, 1.82) is 5.26 Å². The quantitative estimate of drug-likeness (QED) is 0.683. The minimum Gasteiger partial charge on any atom is -0.267 e. The van der Waals surface area contributed by atoms with Gasteiger partial charge in [0.15, 0.2) is 0 Å². The lowest BCUT2D eigenvalue weighted by molar-refractivity contribution is 1.13. The van der Waals surface area contributed by atoms with Gasteiger partial charge in [-0.25, -0.2) is 3.96 Å². The van der Waals surface area contributed by atoms with Crippen LogP contribution in [0.25, 0.3) is 15.8 Å². The molecule has 0 fully saturated rings. The summed E-state index contributed by atoms with van der Waals surface area (Å²) in [4.78, 5) is 12.3. The summed E-state index contributed by atoms with van der Waals surface area (Å²) in [6.45, 7) is 0. The Morgan fingerprint density at radius 1 is 1.21 bits per heavy atom. The summed E-state index contributed by atoms with van der Waals surface area (Å²) in [5.41, 5.74) is 1.28. The molecule has 3 nitrogen and oxygen atoms in total. The fraction of sp³-hybridized carbons (Fsp3) is 0. The highest BCUT2D eigenvalue weighted by Gasteiger charge is 2.11. The number of hydrogen-bond acceptors (Lipinski definition) is 3. The maximum Gasteiger partial charge on any atom is 0.273 e. The van der Waals surface area contributed by atoms with Gasteiger partial charge in [0.2, 0.25) is 0 Å². The Labute approximate surface area is 121 Å². The molecule has 0 unspecified atom stereocenters. The Morgan fingerprint density at radius 3 is 2.68 bits per heavy atom. The topological polar surface area (TPSA) is 45.8 Å². The summed E-state index contributed by atoms with van der Waals surface area (Å²) in [6.07, 6.45) is 0. The molecule has 0 aliphatic heterocycles. The molecule has 0 atom stereocenters. The van der Waals surface area contributed by atoms with Gasteiger partial charge < -0.3 is 0 Å². The van der Waals surface area contributed by atoms with E-state index in [1.807, 2.05) is 24.3 Å². The van der Waals surface area contributed by atoms with Crippen molar-refractivity contribution in [3.63, 3.8) is 0 Å². The van der Waals surface area contributed by atoms with Gasteiger partial charge in [-0.1, -0.05) is 23.7 Å². The Hall–Kier alpha value is -1.90. The summed E-state index contributed by atoms with van der Waals surface area (Å²) in [5.74, 6) is 0. The van der Waals surface area contributed by atoms with Crippen molar-refractivity contribution in [2.45, 2.75) is 0 Å². The van der Waals surface area contributed by atoms with Crippen molar-refractivity contribution in [3.8, 4) is 11.8 Å². The van der Waals surface area contributed by atoms with Crippen LogP contribution in [-0.4, -0.2) is 3.96 Å². The zero-order valence-corrected chi connectivity index (χ0v) is 12.0. The molecule has 0 aliphatic rings. The van der Waals surface area contributed by atoms with E-state index in [9.17, 15) is 4.79 Å². The second-order valence-electron chi connectivity index (χ2n) is 3.96. The van der Waals surface area contributed by atoms with Crippen LogP contribution in [0.5, 0.6) is 0 Å². The van der Waals surface area contributed by atoms with Crippen LogP contribution in [0.2, 0.25) is 0 Å². The third-order valence-corrected chi connectivity index (χ3v) is 4.52. The number of nitrogens with zero attached hydrogens (tertiary/aromatic N) is 2. The lowest BCUT2D eigenvalue weighted by Crippen LogP contribution is -2.11. The van der Waals surface area contributed by atoms with Gasteiger partial charge in [-0.3, -0.25) is 4.79 Å². The molecule has 5 heteroatoms. The molecule has 1 heterocycles. The van der Waals surface area contributed by atoms with Crippen LogP contribution >= 0.6 is 27.5 Å². The van der Waals surface area contributed by atoms with Crippen molar-refractivity contribution in [3.05, 3.63) is 62.9 Å². The van der Waals surface area contributed by atoms with E-state index in [-0.39, 0.29) is 5.56 Å². The molecule has 3 rings (SSSR count). The molecule has 1 aromatic heterocycles. The molecule has 3 aromatic rings. The third-order valence-electron chi connectivity index (χ3n) is 2.79. The Morgan fingerprint density at radius 2 is 2.00 bits per heavy atom. The van der Waals surface area contributed by atoms with E-state index in [0.29, 0.717) is 10.9 Å². The Kier molecular flexibility index (Phi) is 2.97. The summed E-state index contributed by atoms with van der Waals surface area (Å²) in [7, 11) is 0. The fourth-order valence-electron chi connectivity index (χ4n) is 1.87. The van der Waals surface area contributed by atoms with Crippen LogP contribution in [0.3, 0.4) is 0 Å². The first-order chi connectivity index (χ1) is 9.20. The molecule has 0 amide bonds. The van der Waals surface area contributed by atoms with Crippen LogP contribution in [0.15, 0.2) is 51.7 Å². The largest absolute Gasteiger partial charge is 0.273 e.